The van der Waals surface area contributed by atoms with Crippen LogP contribution in [0.1, 0.15) is 16.4 Å². The molecule has 2 aliphatic heterocycles. The van der Waals surface area contributed by atoms with Crippen LogP contribution in [0.3, 0.4) is 0 Å². The van der Waals surface area contributed by atoms with Crippen molar-refractivity contribution in [2.45, 2.75) is 13.0 Å². The fourth-order valence-corrected chi connectivity index (χ4v) is 5.00. The van der Waals surface area contributed by atoms with Crippen LogP contribution in [0.15, 0.2) is 30.3 Å². The summed E-state index contributed by atoms with van der Waals surface area (Å²) in [6, 6.07) is 9.18. The van der Waals surface area contributed by atoms with E-state index >= 15 is 0 Å². The van der Waals surface area contributed by atoms with Gasteiger partial charge in [0.05, 0.1) is 0 Å². The van der Waals surface area contributed by atoms with Gasteiger partial charge < -0.3 is 9.88 Å². The Bertz CT molecular complexity index is 956. The average Bonchev–Trinajstić information content (AvgIpc) is 3.24. The Labute approximate surface area is 158 Å². The maximum Gasteiger partial charge on any atom is 0.293 e. The molecule has 3 heterocycles. The summed E-state index contributed by atoms with van der Waals surface area (Å²) in [5.41, 5.74) is 0.692. The number of benzene rings is 1. The lowest BCUT2D eigenvalue weighted by Gasteiger charge is -2.25. The molecular weight excluding hydrogens is 368 g/mol. The zero-order valence-electron chi connectivity index (χ0n) is 15.2. The Kier molecular flexibility index (Phi) is 4.49. The summed E-state index contributed by atoms with van der Waals surface area (Å²) < 4.78 is 29.4. The standard InChI is InChI=1S/C17H22N6O3S/c1-21(2)27(25,26)22-9-12-8-15-19-20-16(23(15)11-13(12)10-22)17(24)18-14-6-4-3-5-7-14/h3-7,12-13H,8-11H2,1-2H3,(H,18,24)/t12-,13-/m1/s1. The zero-order chi connectivity index (χ0) is 19.2. The van der Waals surface area contributed by atoms with Crippen LogP contribution in [-0.2, 0) is 23.2 Å². The molecule has 2 aliphatic rings. The van der Waals surface area contributed by atoms with Crippen LogP contribution >= 0.6 is 0 Å². The number of fused-ring (bicyclic) bond motifs is 2. The highest BCUT2D eigenvalue weighted by atomic mass is 32.2. The van der Waals surface area contributed by atoms with E-state index in [0.717, 1.165) is 5.82 Å². The summed E-state index contributed by atoms with van der Waals surface area (Å²) in [7, 11) is -0.350. The van der Waals surface area contributed by atoms with E-state index in [1.807, 2.05) is 34.9 Å². The number of carbonyl (C=O) groups excluding carboxylic acids is 1. The van der Waals surface area contributed by atoms with Gasteiger partial charge in [0.25, 0.3) is 16.1 Å². The van der Waals surface area contributed by atoms with Crippen molar-refractivity contribution in [3.05, 3.63) is 42.0 Å². The molecule has 0 bridgehead atoms. The highest BCUT2D eigenvalue weighted by molar-refractivity contribution is 7.86. The second-order valence-corrected chi connectivity index (χ2v) is 9.34. The summed E-state index contributed by atoms with van der Waals surface area (Å²) in [5, 5.41) is 11.1. The van der Waals surface area contributed by atoms with Gasteiger partial charge >= 0.3 is 0 Å². The normalized spacial score (nSPS) is 22.5. The smallest absolute Gasteiger partial charge is 0.293 e. The number of hydrogen-bond acceptors (Lipinski definition) is 5. The van der Waals surface area contributed by atoms with Gasteiger partial charge in [-0.2, -0.15) is 17.0 Å². The molecule has 0 unspecified atom stereocenters. The molecule has 4 rings (SSSR count). The van der Waals surface area contributed by atoms with Gasteiger partial charge in [-0.1, -0.05) is 18.2 Å². The molecule has 27 heavy (non-hydrogen) atoms. The molecule has 9 nitrogen and oxygen atoms in total. The molecule has 0 spiro atoms. The van der Waals surface area contributed by atoms with E-state index in [-0.39, 0.29) is 23.6 Å². The Morgan fingerprint density at radius 1 is 1.11 bits per heavy atom. The number of anilines is 1. The summed E-state index contributed by atoms with van der Waals surface area (Å²) in [6.45, 7) is 1.47. The predicted molar refractivity (Wildman–Crippen MR) is 99.3 cm³/mol. The second-order valence-electron chi connectivity index (χ2n) is 7.20. The lowest BCUT2D eigenvalue weighted by Crippen LogP contribution is -2.38. The van der Waals surface area contributed by atoms with Gasteiger partial charge in [0.2, 0.25) is 5.82 Å². The summed E-state index contributed by atoms with van der Waals surface area (Å²) in [5.74, 6) is 1.03. The first-order valence-electron chi connectivity index (χ1n) is 8.82. The van der Waals surface area contributed by atoms with E-state index in [9.17, 15) is 13.2 Å². The van der Waals surface area contributed by atoms with Crippen LogP contribution in [0.5, 0.6) is 0 Å². The first kappa shape index (κ1) is 18.1. The van der Waals surface area contributed by atoms with Crippen molar-refractivity contribution in [2.24, 2.45) is 11.8 Å². The Morgan fingerprint density at radius 2 is 1.81 bits per heavy atom. The van der Waals surface area contributed by atoms with Crippen LogP contribution < -0.4 is 5.32 Å². The maximum absolute atomic E-state index is 12.6. The van der Waals surface area contributed by atoms with Gasteiger partial charge in [0, 0.05) is 45.8 Å². The Morgan fingerprint density at radius 3 is 2.52 bits per heavy atom. The molecule has 2 aromatic rings. The van der Waals surface area contributed by atoms with Crippen LogP contribution in [-0.4, -0.2) is 64.9 Å². The van der Waals surface area contributed by atoms with Gasteiger partial charge in [-0.3, -0.25) is 4.79 Å². The average molecular weight is 390 g/mol. The largest absolute Gasteiger partial charge is 0.319 e. The molecule has 0 saturated carbocycles. The molecule has 1 N–H and O–H groups in total. The van der Waals surface area contributed by atoms with Gasteiger partial charge in [0.1, 0.15) is 5.82 Å². The van der Waals surface area contributed by atoms with Gasteiger partial charge in [-0.05, 0) is 24.0 Å². The first-order valence-corrected chi connectivity index (χ1v) is 10.2. The summed E-state index contributed by atoms with van der Waals surface area (Å²) in [6.07, 6.45) is 0.621. The first-order chi connectivity index (χ1) is 12.9. The molecular formula is C17H22N6O3S. The van der Waals surface area contributed by atoms with Crippen LogP contribution in [0.2, 0.25) is 0 Å². The lowest BCUT2D eigenvalue weighted by molar-refractivity contribution is 0.100. The number of nitrogens with zero attached hydrogens (tertiary/aromatic N) is 5. The van der Waals surface area contributed by atoms with Crippen molar-refractivity contribution < 1.29 is 13.2 Å². The van der Waals surface area contributed by atoms with E-state index in [0.29, 0.717) is 31.7 Å². The molecule has 1 fully saturated rings. The zero-order valence-corrected chi connectivity index (χ0v) is 16.1. The highest BCUT2D eigenvalue weighted by Gasteiger charge is 2.43. The summed E-state index contributed by atoms with van der Waals surface area (Å²) in [4.78, 5) is 12.6. The fourth-order valence-electron chi connectivity index (χ4n) is 3.78. The molecule has 1 aromatic heterocycles. The number of amides is 1. The number of hydrogen-bond donors (Lipinski definition) is 1. The predicted octanol–water partition coefficient (Wildman–Crippen LogP) is 0.441. The van der Waals surface area contributed by atoms with Crippen LogP contribution in [0.25, 0.3) is 0 Å². The molecule has 144 valence electrons. The second kappa shape index (κ2) is 6.70. The maximum atomic E-state index is 12.6. The third-order valence-electron chi connectivity index (χ3n) is 5.25. The van der Waals surface area contributed by atoms with Gasteiger partial charge in [-0.15, -0.1) is 10.2 Å². The fraction of sp³-hybridized carbons (Fsp3) is 0.471. The SMILES string of the molecule is CN(C)S(=O)(=O)N1C[C@H]2Cc3nnc(C(=O)Nc4ccccc4)n3C[C@H]2C1. The highest BCUT2D eigenvalue weighted by Crippen LogP contribution is 2.34. The number of rotatable bonds is 4. The summed E-state index contributed by atoms with van der Waals surface area (Å²) >= 11 is 0. The third-order valence-corrected chi connectivity index (χ3v) is 7.13. The minimum Gasteiger partial charge on any atom is -0.319 e. The molecule has 1 amide bonds. The lowest BCUT2D eigenvalue weighted by atomic mass is 9.89. The van der Waals surface area contributed by atoms with Crippen molar-refractivity contribution in [3.8, 4) is 0 Å². The third kappa shape index (κ3) is 3.24. The monoisotopic (exact) mass is 390 g/mol. The minimum absolute atomic E-state index is 0.145. The van der Waals surface area contributed by atoms with E-state index in [4.69, 9.17) is 0 Å². The minimum atomic E-state index is -3.43. The van der Waals surface area contributed by atoms with Crippen molar-refractivity contribution in [1.82, 2.24) is 23.4 Å². The van der Waals surface area contributed by atoms with Crippen LogP contribution in [0.4, 0.5) is 5.69 Å². The van der Waals surface area contributed by atoms with Crippen LogP contribution in [0, 0.1) is 11.8 Å². The van der Waals surface area contributed by atoms with E-state index in [1.165, 1.54) is 22.7 Å². The van der Waals surface area contributed by atoms with Gasteiger partial charge in [-0.25, -0.2) is 0 Å². The molecule has 10 heteroatoms. The number of para-hydroxylation sites is 1. The number of nitrogens with one attached hydrogen (secondary N) is 1. The van der Waals surface area contributed by atoms with Gasteiger partial charge in [0.15, 0.2) is 0 Å². The van der Waals surface area contributed by atoms with Crippen molar-refractivity contribution in [3.63, 3.8) is 0 Å². The van der Waals surface area contributed by atoms with E-state index in [1.54, 1.807) is 0 Å². The molecule has 1 aromatic carbocycles. The van der Waals surface area contributed by atoms with Crippen molar-refractivity contribution >= 4 is 21.8 Å². The molecule has 2 atom stereocenters. The molecule has 0 aliphatic carbocycles. The van der Waals surface area contributed by atoms with Crippen molar-refractivity contribution in [1.29, 1.82) is 0 Å². The Hall–Kier alpha value is -2.30. The Balaban J connectivity index is 1.52. The topological polar surface area (TPSA) is 100 Å². The van der Waals surface area contributed by atoms with E-state index in [2.05, 4.69) is 15.5 Å². The number of carbonyl (C=O) groups is 1. The van der Waals surface area contributed by atoms with Crippen molar-refractivity contribution in [2.75, 3.05) is 32.5 Å². The number of aromatic nitrogens is 3. The quantitative estimate of drug-likeness (QED) is 0.817. The van der Waals surface area contributed by atoms with E-state index < -0.39 is 10.2 Å². The molecule has 0 radical (unpaired) electrons. The molecule has 1 saturated heterocycles.